The summed E-state index contributed by atoms with van der Waals surface area (Å²) in [5.41, 5.74) is 2.64. The third-order valence-corrected chi connectivity index (χ3v) is 12.0. The quantitative estimate of drug-likeness (QED) is 0.186. The standard InChI is InChI=1S/C28H44N2O6SSi/c1-27(2,3)38(8,9)36-25(22-14-15-24(31)23(17-22)30-37(7,33)34)19-29-28(4,5)18-21-12-10-20(11-13-21)16-26(32)35-6/h10-15,17,25,29-31H,16,18-19H2,1-9H3/t25-/m0/s1. The van der Waals surface area contributed by atoms with Gasteiger partial charge >= 0.3 is 5.97 Å². The van der Waals surface area contributed by atoms with Crippen molar-refractivity contribution in [3.05, 3.63) is 59.2 Å². The summed E-state index contributed by atoms with van der Waals surface area (Å²) in [5, 5.41) is 13.9. The van der Waals surface area contributed by atoms with Crippen molar-refractivity contribution in [1.29, 1.82) is 0 Å². The first kappa shape index (κ1) is 31.8. The highest BCUT2D eigenvalue weighted by Crippen LogP contribution is 2.40. The Labute approximate surface area is 229 Å². The van der Waals surface area contributed by atoms with Crippen molar-refractivity contribution in [2.45, 2.75) is 77.2 Å². The molecule has 0 spiro atoms. The van der Waals surface area contributed by atoms with E-state index in [9.17, 15) is 18.3 Å². The van der Waals surface area contributed by atoms with Crippen LogP contribution < -0.4 is 10.0 Å². The first-order valence-corrected chi connectivity index (χ1v) is 17.5. The molecule has 0 radical (unpaired) electrons. The molecule has 2 aromatic carbocycles. The maximum atomic E-state index is 11.8. The first-order valence-electron chi connectivity index (χ1n) is 12.7. The van der Waals surface area contributed by atoms with E-state index in [0.29, 0.717) is 6.54 Å². The number of anilines is 1. The average Bonchev–Trinajstić information content (AvgIpc) is 2.77. The molecule has 1 atom stereocenters. The number of phenolic OH excluding ortho intramolecular Hbond substituents is 1. The number of rotatable bonds is 12. The average molecular weight is 565 g/mol. The van der Waals surface area contributed by atoms with Crippen molar-refractivity contribution >= 4 is 30.0 Å². The second-order valence-electron chi connectivity index (χ2n) is 12.0. The van der Waals surface area contributed by atoms with Gasteiger partial charge in [-0.3, -0.25) is 9.52 Å². The van der Waals surface area contributed by atoms with Crippen molar-refractivity contribution in [3.8, 4) is 5.75 Å². The van der Waals surface area contributed by atoms with Gasteiger partial charge in [-0.25, -0.2) is 8.42 Å². The monoisotopic (exact) mass is 564 g/mol. The summed E-state index contributed by atoms with van der Waals surface area (Å²) in [6.45, 7) is 15.6. The van der Waals surface area contributed by atoms with Crippen LogP contribution in [0.3, 0.4) is 0 Å². The molecular weight excluding hydrogens is 520 g/mol. The van der Waals surface area contributed by atoms with Crippen LogP contribution in [0.5, 0.6) is 5.75 Å². The van der Waals surface area contributed by atoms with Crippen LogP contribution >= 0.6 is 0 Å². The first-order chi connectivity index (χ1) is 17.3. The van der Waals surface area contributed by atoms with Gasteiger partial charge in [-0.1, -0.05) is 51.1 Å². The van der Waals surface area contributed by atoms with Gasteiger partial charge in [0.1, 0.15) is 5.75 Å². The maximum Gasteiger partial charge on any atom is 0.309 e. The van der Waals surface area contributed by atoms with Crippen molar-refractivity contribution < 1.29 is 27.5 Å². The van der Waals surface area contributed by atoms with Gasteiger partial charge in [-0.2, -0.15) is 0 Å². The molecule has 10 heteroatoms. The lowest BCUT2D eigenvalue weighted by molar-refractivity contribution is -0.139. The Morgan fingerprint density at radius 1 is 1.03 bits per heavy atom. The predicted molar refractivity (Wildman–Crippen MR) is 156 cm³/mol. The number of carbonyl (C=O) groups excluding carboxylic acids is 1. The fourth-order valence-corrected chi connectivity index (χ4v) is 5.60. The molecule has 2 rings (SSSR count). The molecule has 212 valence electrons. The zero-order valence-corrected chi connectivity index (χ0v) is 26.0. The van der Waals surface area contributed by atoms with E-state index in [-0.39, 0.29) is 40.5 Å². The highest BCUT2D eigenvalue weighted by Gasteiger charge is 2.40. The number of aromatic hydroxyl groups is 1. The molecule has 0 aliphatic heterocycles. The topological polar surface area (TPSA) is 114 Å². The molecule has 0 unspecified atom stereocenters. The van der Waals surface area contributed by atoms with E-state index in [1.54, 1.807) is 12.1 Å². The Balaban J connectivity index is 2.27. The number of nitrogens with one attached hydrogen (secondary N) is 2. The minimum absolute atomic E-state index is 0.0303. The van der Waals surface area contributed by atoms with E-state index in [4.69, 9.17) is 9.16 Å². The van der Waals surface area contributed by atoms with Gasteiger partial charge in [0, 0.05) is 12.1 Å². The van der Waals surface area contributed by atoms with Gasteiger partial charge < -0.3 is 19.6 Å². The lowest BCUT2D eigenvalue weighted by Gasteiger charge is -2.40. The zero-order chi connectivity index (χ0) is 28.9. The summed E-state index contributed by atoms with van der Waals surface area (Å²) in [6.07, 6.45) is 1.68. The Morgan fingerprint density at radius 3 is 2.13 bits per heavy atom. The molecule has 0 fully saturated rings. The predicted octanol–water partition coefficient (Wildman–Crippen LogP) is 5.15. The molecule has 0 amide bonds. The van der Waals surface area contributed by atoms with Gasteiger partial charge in [0.15, 0.2) is 8.32 Å². The number of benzene rings is 2. The number of phenols is 1. The van der Waals surface area contributed by atoms with Gasteiger partial charge in [0.2, 0.25) is 10.0 Å². The number of esters is 1. The van der Waals surface area contributed by atoms with Crippen molar-refractivity contribution in [2.24, 2.45) is 0 Å². The van der Waals surface area contributed by atoms with Crippen LogP contribution in [0.2, 0.25) is 18.1 Å². The van der Waals surface area contributed by atoms with Gasteiger partial charge in [-0.05, 0) is 67.2 Å². The van der Waals surface area contributed by atoms with Crippen LogP contribution in [0.1, 0.15) is 57.4 Å². The molecule has 38 heavy (non-hydrogen) atoms. The Kier molecular flexibility index (Phi) is 10.2. The lowest BCUT2D eigenvalue weighted by atomic mass is 9.93. The maximum absolute atomic E-state index is 11.8. The minimum Gasteiger partial charge on any atom is -0.506 e. The van der Waals surface area contributed by atoms with Crippen LogP contribution in [0.15, 0.2) is 42.5 Å². The van der Waals surface area contributed by atoms with Crippen molar-refractivity contribution in [1.82, 2.24) is 5.32 Å². The number of hydrogen-bond donors (Lipinski definition) is 3. The van der Waals surface area contributed by atoms with E-state index in [2.05, 4.69) is 57.8 Å². The summed E-state index contributed by atoms with van der Waals surface area (Å²) in [7, 11) is -4.38. The Hall–Kier alpha value is -2.40. The van der Waals surface area contributed by atoms with Crippen molar-refractivity contribution in [3.63, 3.8) is 0 Å². The molecular formula is C28H44N2O6SSi. The molecule has 0 heterocycles. The minimum atomic E-state index is -3.57. The molecule has 0 aliphatic carbocycles. The molecule has 0 saturated heterocycles. The highest BCUT2D eigenvalue weighted by molar-refractivity contribution is 7.92. The van der Waals surface area contributed by atoms with E-state index in [1.165, 1.54) is 13.2 Å². The molecule has 3 N–H and O–H groups in total. The third-order valence-electron chi connectivity index (χ3n) is 6.94. The summed E-state index contributed by atoms with van der Waals surface area (Å²) in [5.74, 6) is -0.411. The van der Waals surface area contributed by atoms with Crippen LogP contribution in [0.4, 0.5) is 5.69 Å². The smallest absolute Gasteiger partial charge is 0.309 e. The number of carbonyl (C=O) groups is 1. The number of sulfonamides is 1. The second kappa shape index (κ2) is 12.2. The highest BCUT2D eigenvalue weighted by atomic mass is 32.2. The summed E-state index contributed by atoms with van der Waals surface area (Å²) < 4.78 is 37.6. The fraction of sp³-hybridized carbons (Fsp3) is 0.536. The second-order valence-corrected chi connectivity index (χ2v) is 18.5. The number of hydrogen-bond acceptors (Lipinski definition) is 7. The lowest BCUT2D eigenvalue weighted by Crippen LogP contribution is -2.47. The molecule has 0 aromatic heterocycles. The van der Waals surface area contributed by atoms with Crippen molar-refractivity contribution in [2.75, 3.05) is 24.6 Å². The van der Waals surface area contributed by atoms with Gasteiger partial charge in [-0.15, -0.1) is 0 Å². The molecule has 0 bridgehead atoms. The molecule has 0 saturated carbocycles. The van der Waals surface area contributed by atoms with E-state index in [1.807, 2.05) is 24.3 Å². The molecule has 8 nitrogen and oxygen atoms in total. The SMILES string of the molecule is COC(=O)Cc1ccc(CC(C)(C)NC[C@H](O[Si](C)(C)C(C)(C)C)c2ccc(O)c(NS(C)(=O)=O)c2)cc1. The largest absolute Gasteiger partial charge is 0.506 e. The fourth-order valence-electron chi connectivity index (χ4n) is 3.75. The van der Waals surface area contributed by atoms with E-state index < -0.39 is 18.3 Å². The Bertz CT molecular complexity index is 1200. The summed E-state index contributed by atoms with van der Waals surface area (Å²) in [6, 6.07) is 12.8. The van der Waals surface area contributed by atoms with Crippen LogP contribution in [-0.2, 0) is 36.8 Å². The number of ether oxygens (including phenoxy) is 1. The zero-order valence-electron chi connectivity index (χ0n) is 24.1. The number of methoxy groups -OCH3 is 1. The Morgan fingerprint density at radius 2 is 1.61 bits per heavy atom. The molecule has 0 aliphatic rings. The van der Waals surface area contributed by atoms with Crippen LogP contribution in [0, 0.1) is 0 Å². The molecule has 2 aromatic rings. The summed E-state index contributed by atoms with van der Waals surface area (Å²) in [4.78, 5) is 11.5. The van der Waals surface area contributed by atoms with Crippen LogP contribution in [0.25, 0.3) is 0 Å². The normalized spacial score (nSPS) is 13.7. The van der Waals surface area contributed by atoms with Gasteiger partial charge in [0.25, 0.3) is 0 Å². The van der Waals surface area contributed by atoms with Gasteiger partial charge in [0.05, 0.1) is 31.6 Å². The van der Waals surface area contributed by atoms with E-state index >= 15 is 0 Å². The summed E-state index contributed by atoms with van der Waals surface area (Å²) >= 11 is 0. The van der Waals surface area contributed by atoms with Crippen LogP contribution in [-0.4, -0.2) is 53.3 Å². The third kappa shape index (κ3) is 9.72. The van der Waals surface area contributed by atoms with E-state index in [0.717, 1.165) is 29.4 Å².